The van der Waals surface area contributed by atoms with Crippen LogP contribution >= 0.6 is 0 Å². The van der Waals surface area contributed by atoms with Gasteiger partial charge in [0, 0.05) is 24.6 Å². The molecule has 0 radical (unpaired) electrons. The zero-order valence-corrected chi connectivity index (χ0v) is 9.34. The third-order valence-electron chi connectivity index (χ3n) is 2.22. The zero-order chi connectivity index (χ0) is 11.9. The van der Waals surface area contributed by atoms with Crippen molar-refractivity contribution in [3.05, 3.63) is 48.8 Å². The van der Waals surface area contributed by atoms with Gasteiger partial charge in [0.2, 0.25) is 0 Å². The Hall–Kier alpha value is -2.30. The van der Waals surface area contributed by atoms with Crippen LogP contribution in [0.2, 0.25) is 0 Å². The van der Waals surface area contributed by atoms with E-state index in [1.165, 1.54) is 0 Å². The monoisotopic (exact) mass is 230 g/mol. The maximum atomic E-state index is 11.5. The van der Waals surface area contributed by atoms with Gasteiger partial charge in [-0.2, -0.15) is 5.10 Å². The minimum absolute atomic E-state index is 0.205. The normalized spacial score (nSPS) is 9.88. The molecule has 2 amide bonds. The van der Waals surface area contributed by atoms with Crippen LogP contribution in [0.5, 0.6) is 0 Å². The third-order valence-corrected chi connectivity index (χ3v) is 2.22. The molecule has 1 aromatic heterocycles. The van der Waals surface area contributed by atoms with E-state index in [1.54, 1.807) is 10.9 Å². The average Bonchev–Trinajstić information content (AvgIpc) is 2.83. The van der Waals surface area contributed by atoms with Crippen LogP contribution in [0.15, 0.2) is 48.8 Å². The average molecular weight is 230 g/mol. The molecule has 0 aliphatic heterocycles. The first-order valence-corrected chi connectivity index (χ1v) is 5.42. The number of carbonyl (C=O) groups excluding carboxylic acids is 1. The molecule has 0 fully saturated rings. The second kappa shape index (κ2) is 5.69. The van der Waals surface area contributed by atoms with Gasteiger partial charge in [-0.3, -0.25) is 4.68 Å². The van der Waals surface area contributed by atoms with E-state index < -0.39 is 0 Å². The Morgan fingerprint density at radius 3 is 2.76 bits per heavy atom. The number of amides is 2. The molecule has 0 saturated carbocycles. The lowest BCUT2D eigenvalue weighted by molar-refractivity contribution is 0.251. The van der Waals surface area contributed by atoms with Crippen molar-refractivity contribution in [1.29, 1.82) is 0 Å². The molecule has 5 heteroatoms. The molecule has 2 aromatic rings. The zero-order valence-electron chi connectivity index (χ0n) is 9.34. The number of nitrogens with zero attached hydrogens (tertiary/aromatic N) is 2. The van der Waals surface area contributed by atoms with E-state index in [1.807, 2.05) is 42.6 Å². The lowest BCUT2D eigenvalue weighted by Crippen LogP contribution is -2.31. The van der Waals surface area contributed by atoms with Crippen molar-refractivity contribution in [2.75, 3.05) is 11.9 Å². The summed E-state index contributed by atoms with van der Waals surface area (Å²) in [6.07, 6.45) is 3.57. The van der Waals surface area contributed by atoms with Crippen LogP contribution in [0, 0.1) is 0 Å². The molecule has 0 aliphatic carbocycles. The molecule has 88 valence electrons. The Morgan fingerprint density at radius 1 is 1.24 bits per heavy atom. The number of aromatic nitrogens is 2. The summed E-state index contributed by atoms with van der Waals surface area (Å²) in [6, 6.07) is 11.0. The molecule has 0 spiro atoms. The first kappa shape index (κ1) is 11.2. The van der Waals surface area contributed by atoms with E-state index in [4.69, 9.17) is 0 Å². The van der Waals surface area contributed by atoms with Gasteiger partial charge in [0.05, 0.1) is 6.54 Å². The number of rotatable bonds is 4. The summed E-state index contributed by atoms with van der Waals surface area (Å²) in [5.74, 6) is 0. The Morgan fingerprint density at radius 2 is 2.06 bits per heavy atom. The minimum atomic E-state index is -0.205. The minimum Gasteiger partial charge on any atom is -0.336 e. The van der Waals surface area contributed by atoms with Gasteiger partial charge in [-0.15, -0.1) is 0 Å². The summed E-state index contributed by atoms with van der Waals surface area (Å²) < 4.78 is 1.77. The van der Waals surface area contributed by atoms with Gasteiger partial charge < -0.3 is 10.6 Å². The van der Waals surface area contributed by atoms with Crippen LogP contribution in [0.25, 0.3) is 0 Å². The van der Waals surface area contributed by atoms with Crippen molar-refractivity contribution in [3.8, 4) is 0 Å². The highest BCUT2D eigenvalue weighted by Gasteiger charge is 1.99. The fourth-order valence-corrected chi connectivity index (χ4v) is 1.41. The van der Waals surface area contributed by atoms with Crippen LogP contribution in [0.4, 0.5) is 10.5 Å². The van der Waals surface area contributed by atoms with E-state index in [-0.39, 0.29) is 6.03 Å². The molecule has 1 aromatic carbocycles. The maximum Gasteiger partial charge on any atom is 0.319 e. The molecular formula is C12H14N4O. The van der Waals surface area contributed by atoms with Crippen molar-refractivity contribution < 1.29 is 4.79 Å². The van der Waals surface area contributed by atoms with Crippen molar-refractivity contribution in [3.63, 3.8) is 0 Å². The van der Waals surface area contributed by atoms with Crippen LogP contribution in [0.1, 0.15) is 0 Å². The number of hydrogen-bond donors (Lipinski definition) is 2. The van der Waals surface area contributed by atoms with Crippen LogP contribution in [-0.2, 0) is 6.54 Å². The topological polar surface area (TPSA) is 59.0 Å². The van der Waals surface area contributed by atoms with Crippen molar-refractivity contribution in [2.45, 2.75) is 6.54 Å². The Kier molecular flexibility index (Phi) is 3.75. The molecular weight excluding hydrogens is 216 g/mol. The fraction of sp³-hybridized carbons (Fsp3) is 0.167. The summed E-state index contributed by atoms with van der Waals surface area (Å²) in [6.45, 7) is 1.20. The summed E-state index contributed by atoms with van der Waals surface area (Å²) >= 11 is 0. The molecule has 5 nitrogen and oxygen atoms in total. The third kappa shape index (κ3) is 3.64. The number of urea groups is 1. The highest BCUT2D eigenvalue weighted by Crippen LogP contribution is 2.03. The van der Waals surface area contributed by atoms with Crippen molar-refractivity contribution >= 4 is 11.7 Å². The second-order valence-electron chi connectivity index (χ2n) is 3.52. The summed E-state index contributed by atoms with van der Waals surface area (Å²) in [7, 11) is 0. The van der Waals surface area contributed by atoms with E-state index >= 15 is 0 Å². The number of carbonyl (C=O) groups is 1. The first-order chi connectivity index (χ1) is 8.34. The van der Waals surface area contributed by atoms with E-state index in [2.05, 4.69) is 15.7 Å². The van der Waals surface area contributed by atoms with E-state index in [0.29, 0.717) is 13.1 Å². The van der Waals surface area contributed by atoms with Crippen LogP contribution < -0.4 is 10.6 Å². The van der Waals surface area contributed by atoms with Crippen LogP contribution in [-0.4, -0.2) is 22.4 Å². The van der Waals surface area contributed by atoms with Gasteiger partial charge in [-0.25, -0.2) is 4.79 Å². The molecule has 1 heterocycles. The Balaban J connectivity index is 1.71. The maximum absolute atomic E-state index is 11.5. The highest BCUT2D eigenvalue weighted by atomic mass is 16.2. The molecule has 0 aliphatic rings. The number of hydrogen-bond acceptors (Lipinski definition) is 2. The van der Waals surface area contributed by atoms with Gasteiger partial charge >= 0.3 is 6.03 Å². The Labute approximate surface area is 99.5 Å². The number of para-hydroxylation sites is 1. The molecule has 2 N–H and O–H groups in total. The Bertz CT molecular complexity index is 453. The highest BCUT2D eigenvalue weighted by molar-refractivity contribution is 5.89. The summed E-state index contributed by atoms with van der Waals surface area (Å²) in [5, 5.41) is 9.54. The van der Waals surface area contributed by atoms with Gasteiger partial charge in [0.15, 0.2) is 0 Å². The van der Waals surface area contributed by atoms with Gasteiger partial charge in [0.25, 0.3) is 0 Å². The van der Waals surface area contributed by atoms with Gasteiger partial charge in [0.1, 0.15) is 0 Å². The first-order valence-electron chi connectivity index (χ1n) is 5.42. The largest absolute Gasteiger partial charge is 0.336 e. The second-order valence-corrected chi connectivity index (χ2v) is 3.52. The van der Waals surface area contributed by atoms with Gasteiger partial charge in [-0.05, 0) is 18.2 Å². The van der Waals surface area contributed by atoms with E-state index in [9.17, 15) is 4.79 Å². The molecule has 0 bridgehead atoms. The number of nitrogens with one attached hydrogen (secondary N) is 2. The lowest BCUT2D eigenvalue weighted by atomic mass is 10.3. The summed E-state index contributed by atoms with van der Waals surface area (Å²) in [5.41, 5.74) is 0.782. The SMILES string of the molecule is O=C(NCCn1cccn1)Nc1ccccc1. The van der Waals surface area contributed by atoms with Crippen LogP contribution in [0.3, 0.4) is 0 Å². The molecule has 17 heavy (non-hydrogen) atoms. The summed E-state index contributed by atoms with van der Waals surface area (Å²) in [4.78, 5) is 11.5. The quantitative estimate of drug-likeness (QED) is 0.840. The van der Waals surface area contributed by atoms with Crippen molar-refractivity contribution in [2.24, 2.45) is 0 Å². The number of anilines is 1. The van der Waals surface area contributed by atoms with Crippen molar-refractivity contribution in [1.82, 2.24) is 15.1 Å². The lowest BCUT2D eigenvalue weighted by Gasteiger charge is -2.07. The smallest absolute Gasteiger partial charge is 0.319 e. The number of benzene rings is 1. The van der Waals surface area contributed by atoms with Gasteiger partial charge in [-0.1, -0.05) is 18.2 Å². The molecule has 0 atom stereocenters. The van der Waals surface area contributed by atoms with E-state index in [0.717, 1.165) is 5.69 Å². The molecule has 0 unspecified atom stereocenters. The fourth-order valence-electron chi connectivity index (χ4n) is 1.41. The predicted octanol–water partition coefficient (Wildman–Crippen LogP) is 1.70. The molecule has 2 rings (SSSR count). The standard InChI is InChI=1S/C12H14N4O/c17-12(15-11-5-2-1-3-6-11)13-8-10-16-9-4-7-14-16/h1-7,9H,8,10H2,(H2,13,15,17). The predicted molar refractivity (Wildman–Crippen MR) is 65.7 cm³/mol. The molecule has 0 saturated heterocycles.